The predicted molar refractivity (Wildman–Crippen MR) is 64.0 cm³/mol. The molecule has 1 aromatic carbocycles. The molecule has 0 spiro atoms. The molecular formula is C12H8BrNO. The Hall–Kier alpha value is -1.48. The number of pyridine rings is 1. The molecule has 0 fully saturated rings. The normalized spacial score (nSPS) is 10.2. The Bertz CT molecular complexity index is 548. The van der Waals surface area contributed by atoms with E-state index in [1.54, 1.807) is 0 Å². The summed E-state index contributed by atoms with van der Waals surface area (Å²) >= 11 is 3.33. The fourth-order valence-electron chi connectivity index (χ4n) is 1.36. The average molecular weight is 262 g/mol. The van der Waals surface area contributed by atoms with Crippen molar-refractivity contribution in [3.05, 3.63) is 53.2 Å². The molecule has 2 nitrogen and oxygen atoms in total. The first kappa shape index (κ1) is 10.1. The molecule has 74 valence electrons. The van der Waals surface area contributed by atoms with Gasteiger partial charge in [-0.05, 0) is 34.1 Å². The summed E-state index contributed by atoms with van der Waals surface area (Å²) in [5.41, 5.74) is 1.22. The number of nitrogens with zero attached hydrogens (tertiary/aromatic N) is 1. The standard InChI is InChI=1S/C12H8BrNO/c1-2-11(15)12-9(13)7-8-5-3-4-6-10(8)14-12/h2-7H,1H2. The molecule has 0 bridgehead atoms. The van der Waals surface area contributed by atoms with E-state index in [4.69, 9.17) is 0 Å². The van der Waals surface area contributed by atoms with Gasteiger partial charge < -0.3 is 0 Å². The van der Waals surface area contributed by atoms with Crippen molar-refractivity contribution >= 4 is 32.6 Å². The highest BCUT2D eigenvalue weighted by atomic mass is 79.9. The number of aromatic nitrogens is 1. The van der Waals surface area contributed by atoms with E-state index in [2.05, 4.69) is 27.5 Å². The predicted octanol–water partition coefficient (Wildman–Crippen LogP) is 3.37. The summed E-state index contributed by atoms with van der Waals surface area (Å²) in [4.78, 5) is 15.7. The van der Waals surface area contributed by atoms with Gasteiger partial charge in [-0.25, -0.2) is 4.98 Å². The van der Waals surface area contributed by atoms with Gasteiger partial charge in [0.25, 0.3) is 0 Å². The molecule has 0 saturated carbocycles. The molecule has 1 aromatic heterocycles. The van der Waals surface area contributed by atoms with Gasteiger partial charge in [0, 0.05) is 9.86 Å². The molecule has 0 atom stereocenters. The molecule has 0 amide bonds. The highest BCUT2D eigenvalue weighted by Crippen LogP contribution is 2.21. The Kier molecular flexibility index (Phi) is 2.64. The fourth-order valence-corrected chi connectivity index (χ4v) is 1.89. The van der Waals surface area contributed by atoms with E-state index in [0.29, 0.717) is 10.2 Å². The number of para-hydroxylation sites is 1. The Morgan fingerprint density at radius 2 is 2.13 bits per heavy atom. The molecule has 2 aromatic rings. The summed E-state index contributed by atoms with van der Waals surface area (Å²) in [6.07, 6.45) is 1.27. The number of hydrogen-bond donors (Lipinski definition) is 0. The van der Waals surface area contributed by atoms with Crippen molar-refractivity contribution in [1.29, 1.82) is 0 Å². The first-order valence-electron chi connectivity index (χ1n) is 4.44. The second kappa shape index (κ2) is 3.95. The van der Waals surface area contributed by atoms with E-state index in [9.17, 15) is 4.79 Å². The number of hydrogen-bond acceptors (Lipinski definition) is 2. The third kappa shape index (κ3) is 1.83. The van der Waals surface area contributed by atoms with Crippen LogP contribution < -0.4 is 0 Å². The number of rotatable bonds is 2. The van der Waals surface area contributed by atoms with E-state index in [1.807, 2.05) is 30.3 Å². The van der Waals surface area contributed by atoms with Crippen LogP contribution >= 0.6 is 15.9 Å². The van der Waals surface area contributed by atoms with E-state index >= 15 is 0 Å². The van der Waals surface area contributed by atoms with Crippen molar-refractivity contribution in [3.63, 3.8) is 0 Å². The molecule has 15 heavy (non-hydrogen) atoms. The minimum absolute atomic E-state index is 0.173. The van der Waals surface area contributed by atoms with Gasteiger partial charge in [0.05, 0.1) is 5.52 Å². The van der Waals surface area contributed by atoms with Crippen LogP contribution in [0.5, 0.6) is 0 Å². The van der Waals surface area contributed by atoms with Gasteiger partial charge >= 0.3 is 0 Å². The van der Waals surface area contributed by atoms with Gasteiger partial charge in [-0.15, -0.1) is 0 Å². The molecule has 0 aliphatic heterocycles. The molecule has 0 aliphatic carbocycles. The van der Waals surface area contributed by atoms with Crippen LogP contribution in [-0.2, 0) is 0 Å². The van der Waals surface area contributed by atoms with E-state index in [0.717, 1.165) is 10.9 Å². The number of fused-ring (bicyclic) bond motifs is 1. The second-order valence-corrected chi connectivity index (χ2v) is 3.93. The first-order chi connectivity index (χ1) is 7.22. The Balaban J connectivity index is 2.72. The highest BCUT2D eigenvalue weighted by Gasteiger charge is 2.09. The van der Waals surface area contributed by atoms with Crippen molar-refractivity contribution < 1.29 is 4.79 Å². The number of ketones is 1. The summed E-state index contributed by atoms with van der Waals surface area (Å²) in [6.45, 7) is 3.45. The lowest BCUT2D eigenvalue weighted by atomic mass is 10.1. The molecule has 1 heterocycles. The molecular weight excluding hydrogens is 254 g/mol. The van der Waals surface area contributed by atoms with Gasteiger partial charge in [0.15, 0.2) is 0 Å². The lowest BCUT2D eigenvalue weighted by molar-refractivity contribution is 0.104. The van der Waals surface area contributed by atoms with Crippen molar-refractivity contribution in [1.82, 2.24) is 4.98 Å². The third-order valence-corrected chi connectivity index (χ3v) is 2.70. The molecule has 0 radical (unpaired) electrons. The summed E-state index contributed by atoms with van der Waals surface area (Å²) < 4.78 is 0.700. The zero-order valence-electron chi connectivity index (χ0n) is 7.90. The second-order valence-electron chi connectivity index (χ2n) is 3.08. The van der Waals surface area contributed by atoms with Gasteiger partial charge in [-0.1, -0.05) is 24.8 Å². The third-order valence-electron chi connectivity index (χ3n) is 2.10. The smallest absolute Gasteiger partial charge is 0.204 e. The highest BCUT2D eigenvalue weighted by molar-refractivity contribution is 9.10. The quantitative estimate of drug-likeness (QED) is 0.613. The van der Waals surface area contributed by atoms with Crippen molar-refractivity contribution in [2.45, 2.75) is 0 Å². The number of allylic oxidation sites excluding steroid dienone is 1. The average Bonchev–Trinajstić information content (AvgIpc) is 2.27. The van der Waals surface area contributed by atoms with E-state index in [-0.39, 0.29) is 5.78 Å². The van der Waals surface area contributed by atoms with Crippen LogP contribution in [0.25, 0.3) is 10.9 Å². The lowest BCUT2D eigenvalue weighted by Gasteiger charge is -2.02. The zero-order chi connectivity index (χ0) is 10.8. The molecule has 0 saturated heterocycles. The monoisotopic (exact) mass is 261 g/mol. The summed E-state index contributed by atoms with van der Waals surface area (Å²) in [7, 11) is 0. The van der Waals surface area contributed by atoms with Crippen LogP contribution in [0.3, 0.4) is 0 Å². The van der Waals surface area contributed by atoms with Crippen LogP contribution in [0, 0.1) is 0 Å². The topological polar surface area (TPSA) is 30.0 Å². The lowest BCUT2D eigenvalue weighted by Crippen LogP contribution is -1.99. The van der Waals surface area contributed by atoms with Gasteiger partial charge in [-0.2, -0.15) is 0 Å². The maximum atomic E-state index is 11.5. The maximum Gasteiger partial charge on any atom is 0.204 e. The van der Waals surface area contributed by atoms with Crippen LogP contribution in [0.4, 0.5) is 0 Å². The van der Waals surface area contributed by atoms with E-state index in [1.165, 1.54) is 6.08 Å². The molecule has 2 rings (SSSR count). The van der Waals surface area contributed by atoms with Crippen molar-refractivity contribution in [2.24, 2.45) is 0 Å². The summed E-state index contributed by atoms with van der Waals surface area (Å²) in [5.74, 6) is -0.173. The van der Waals surface area contributed by atoms with Crippen molar-refractivity contribution in [3.8, 4) is 0 Å². The summed E-state index contributed by atoms with van der Waals surface area (Å²) in [6, 6.07) is 9.55. The fraction of sp³-hybridized carbons (Fsp3) is 0. The van der Waals surface area contributed by atoms with Gasteiger partial charge in [0.2, 0.25) is 5.78 Å². The Morgan fingerprint density at radius 1 is 1.40 bits per heavy atom. The Labute approximate surface area is 95.8 Å². The number of halogens is 1. The molecule has 0 unspecified atom stereocenters. The maximum absolute atomic E-state index is 11.5. The van der Waals surface area contributed by atoms with Crippen LogP contribution in [0.15, 0.2) is 47.5 Å². The van der Waals surface area contributed by atoms with Gasteiger partial charge in [0.1, 0.15) is 5.69 Å². The molecule has 3 heteroatoms. The minimum atomic E-state index is -0.173. The van der Waals surface area contributed by atoms with Crippen LogP contribution in [0.2, 0.25) is 0 Å². The van der Waals surface area contributed by atoms with Crippen LogP contribution in [0.1, 0.15) is 10.5 Å². The largest absolute Gasteiger partial charge is 0.288 e. The zero-order valence-corrected chi connectivity index (χ0v) is 9.49. The van der Waals surface area contributed by atoms with E-state index < -0.39 is 0 Å². The number of carbonyl (C=O) groups excluding carboxylic acids is 1. The van der Waals surface area contributed by atoms with Gasteiger partial charge in [-0.3, -0.25) is 4.79 Å². The Morgan fingerprint density at radius 3 is 2.87 bits per heavy atom. The minimum Gasteiger partial charge on any atom is -0.288 e. The van der Waals surface area contributed by atoms with Crippen molar-refractivity contribution in [2.75, 3.05) is 0 Å². The SMILES string of the molecule is C=CC(=O)c1nc2ccccc2cc1Br. The molecule has 0 N–H and O–H groups in total. The number of benzene rings is 1. The molecule has 0 aliphatic rings. The first-order valence-corrected chi connectivity index (χ1v) is 5.23. The van der Waals surface area contributed by atoms with Crippen LogP contribution in [-0.4, -0.2) is 10.8 Å². The number of carbonyl (C=O) groups is 1. The summed E-state index contributed by atoms with van der Waals surface area (Å²) in [5, 5.41) is 1.00.